The summed E-state index contributed by atoms with van der Waals surface area (Å²) in [6.07, 6.45) is 6.31. The van der Waals surface area contributed by atoms with Crippen molar-refractivity contribution in [3.63, 3.8) is 0 Å². The van der Waals surface area contributed by atoms with Gasteiger partial charge in [-0.05, 0) is 31.0 Å². The molecular formula is C17H27FN2O. The normalized spacial score (nSPS) is 10.6. The predicted octanol–water partition coefficient (Wildman–Crippen LogP) is 4.23. The van der Waals surface area contributed by atoms with E-state index >= 15 is 0 Å². The fourth-order valence-electron chi connectivity index (χ4n) is 2.30. The molecule has 1 amide bonds. The van der Waals surface area contributed by atoms with Crippen molar-refractivity contribution >= 4 is 11.6 Å². The molecule has 1 rings (SSSR count). The molecular weight excluding hydrogens is 267 g/mol. The summed E-state index contributed by atoms with van der Waals surface area (Å²) in [6, 6.07) is 4.27. The Balaban J connectivity index is 2.76. The van der Waals surface area contributed by atoms with Crippen LogP contribution in [0.5, 0.6) is 0 Å². The highest BCUT2D eigenvalue weighted by molar-refractivity contribution is 5.94. The van der Waals surface area contributed by atoms with Crippen molar-refractivity contribution in [1.82, 2.24) is 4.90 Å². The highest BCUT2D eigenvalue weighted by Gasteiger charge is 2.18. The molecule has 0 unspecified atom stereocenters. The zero-order chi connectivity index (χ0) is 15.7. The second kappa shape index (κ2) is 9.37. The molecule has 0 atom stereocenters. The molecule has 2 N–H and O–H groups in total. The van der Waals surface area contributed by atoms with Crippen LogP contribution in [0.3, 0.4) is 0 Å². The van der Waals surface area contributed by atoms with E-state index in [1.165, 1.54) is 12.1 Å². The van der Waals surface area contributed by atoms with Gasteiger partial charge in [0.1, 0.15) is 5.82 Å². The Morgan fingerprint density at radius 1 is 1.10 bits per heavy atom. The van der Waals surface area contributed by atoms with E-state index in [9.17, 15) is 9.18 Å². The first-order valence-corrected chi connectivity index (χ1v) is 7.94. The molecule has 118 valence electrons. The van der Waals surface area contributed by atoms with Crippen LogP contribution in [-0.2, 0) is 0 Å². The minimum atomic E-state index is -0.531. The first-order valence-electron chi connectivity index (χ1n) is 7.94. The van der Waals surface area contributed by atoms with E-state index in [0.717, 1.165) is 38.5 Å². The molecule has 0 aliphatic heterocycles. The van der Waals surface area contributed by atoms with Gasteiger partial charge >= 0.3 is 0 Å². The molecule has 0 heterocycles. The predicted molar refractivity (Wildman–Crippen MR) is 85.8 cm³/mol. The highest BCUT2D eigenvalue weighted by atomic mass is 19.1. The summed E-state index contributed by atoms with van der Waals surface area (Å²) < 4.78 is 13.9. The lowest BCUT2D eigenvalue weighted by Crippen LogP contribution is -2.33. The topological polar surface area (TPSA) is 46.3 Å². The molecule has 21 heavy (non-hydrogen) atoms. The number of nitrogens with two attached hydrogens (primary N) is 1. The summed E-state index contributed by atoms with van der Waals surface area (Å²) in [5, 5.41) is 0. The Labute approximate surface area is 127 Å². The molecule has 0 radical (unpaired) electrons. The third-order valence-electron chi connectivity index (χ3n) is 3.57. The second-order valence-electron chi connectivity index (χ2n) is 5.45. The van der Waals surface area contributed by atoms with E-state index in [1.807, 2.05) is 0 Å². The first-order chi connectivity index (χ1) is 10.1. The molecule has 1 aromatic carbocycles. The minimum absolute atomic E-state index is 0.122. The maximum atomic E-state index is 13.9. The van der Waals surface area contributed by atoms with Crippen LogP contribution < -0.4 is 5.73 Å². The quantitative estimate of drug-likeness (QED) is 0.547. The fourth-order valence-corrected chi connectivity index (χ4v) is 2.30. The molecule has 3 nitrogen and oxygen atoms in total. The van der Waals surface area contributed by atoms with Crippen molar-refractivity contribution in [3.05, 3.63) is 29.6 Å². The largest absolute Gasteiger partial charge is 0.399 e. The summed E-state index contributed by atoms with van der Waals surface area (Å²) in [4.78, 5) is 14.3. The number of amides is 1. The van der Waals surface area contributed by atoms with Gasteiger partial charge in [-0.15, -0.1) is 0 Å². The Hall–Kier alpha value is -1.58. The van der Waals surface area contributed by atoms with Gasteiger partial charge in [0.25, 0.3) is 5.91 Å². The van der Waals surface area contributed by atoms with Gasteiger partial charge in [0.2, 0.25) is 0 Å². The standard InChI is InChI=1S/C17H27FN2O/c1-3-5-7-11-20(12-8-6-4-2)17(21)15-10-9-14(19)13-16(15)18/h9-10,13H,3-8,11-12,19H2,1-2H3. The van der Waals surface area contributed by atoms with E-state index < -0.39 is 5.82 Å². The summed E-state index contributed by atoms with van der Waals surface area (Å²) in [6.45, 7) is 5.65. The van der Waals surface area contributed by atoms with Crippen LogP contribution in [0.25, 0.3) is 0 Å². The number of carbonyl (C=O) groups is 1. The van der Waals surface area contributed by atoms with E-state index in [4.69, 9.17) is 5.73 Å². The van der Waals surface area contributed by atoms with Gasteiger partial charge in [-0.25, -0.2) is 4.39 Å². The smallest absolute Gasteiger partial charge is 0.256 e. The summed E-state index contributed by atoms with van der Waals surface area (Å²) in [5.74, 6) is -0.754. The lowest BCUT2D eigenvalue weighted by Gasteiger charge is -2.23. The summed E-state index contributed by atoms with van der Waals surface area (Å²) in [5.41, 5.74) is 6.00. The van der Waals surface area contributed by atoms with Gasteiger partial charge in [0.15, 0.2) is 0 Å². The Morgan fingerprint density at radius 3 is 2.14 bits per heavy atom. The van der Waals surface area contributed by atoms with Crippen LogP contribution in [-0.4, -0.2) is 23.9 Å². The van der Waals surface area contributed by atoms with E-state index in [1.54, 1.807) is 11.0 Å². The Morgan fingerprint density at radius 2 is 1.67 bits per heavy atom. The lowest BCUT2D eigenvalue weighted by atomic mass is 10.1. The van der Waals surface area contributed by atoms with E-state index in [2.05, 4.69) is 13.8 Å². The van der Waals surface area contributed by atoms with Crippen LogP contribution in [0.2, 0.25) is 0 Å². The maximum Gasteiger partial charge on any atom is 0.256 e. The van der Waals surface area contributed by atoms with Crippen molar-refractivity contribution in [2.24, 2.45) is 0 Å². The number of benzene rings is 1. The van der Waals surface area contributed by atoms with Crippen LogP contribution in [0, 0.1) is 5.82 Å². The average Bonchev–Trinajstić information content (AvgIpc) is 2.45. The van der Waals surface area contributed by atoms with E-state index in [-0.39, 0.29) is 11.5 Å². The van der Waals surface area contributed by atoms with Gasteiger partial charge in [0.05, 0.1) is 5.56 Å². The van der Waals surface area contributed by atoms with Gasteiger partial charge in [0, 0.05) is 18.8 Å². The van der Waals surface area contributed by atoms with Crippen molar-refractivity contribution in [2.45, 2.75) is 52.4 Å². The third-order valence-corrected chi connectivity index (χ3v) is 3.57. The number of nitrogens with zero attached hydrogens (tertiary/aromatic N) is 1. The number of anilines is 1. The monoisotopic (exact) mass is 294 g/mol. The van der Waals surface area contributed by atoms with Gasteiger partial charge in [-0.1, -0.05) is 39.5 Å². The molecule has 0 fully saturated rings. The number of nitrogen functional groups attached to an aromatic ring is 1. The highest BCUT2D eigenvalue weighted by Crippen LogP contribution is 2.15. The molecule has 0 aliphatic carbocycles. The van der Waals surface area contributed by atoms with Crippen LogP contribution >= 0.6 is 0 Å². The van der Waals surface area contributed by atoms with Crippen LogP contribution in [0.4, 0.5) is 10.1 Å². The SMILES string of the molecule is CCCCCN(CCCCC)C(=O)c1ccc(N)cc1F. The van der Waals surface area contributed by atoms with Crippen molar-refractivity contribution in [2.75, 3.05) is 18.8 Å². The number of hydrogen-bond donors (Lipinski definition) is 1. The molecule has 0 saturated carbocycles. The second-order valence-corrected chi connectivity index (χ2v) is 5.45. The minimum Gasteiger partial charge on any atom is -0.399 e. The Kier molecular flexibility index (Phi) is 7.80. The molecule has 0 bridgehead atoms. The van der Waals surface area contributed by atoms with Crippen molar-refractivity contribution in [1.29, 1.82) is 0 Å². The zero-order valence-electron chi connectivity index (χ0n) is 13.2. The summed E-state index contributed by atoms with van der Waals surface area (Å²) in [7, 11) is 0. The fraction of sp³-hybridized carbons (Fsp3) is 0.588. The van der Waals surface area contributed by atoms with Crippen molar-refractivity contribution in [3.8, 4) is 0 Å². The number of carbonyl (C=O) groups excluding carboxylic acids is 1. The lowest BCUT2D eigenvalue weighted by molar-refractivity contribution is 0.0745. The average molecular weight is 294 g/mol. The maximum absolute atomic E-state index is 13.9. The first kappa shape index (κ1) is 17.5. The molecule has 1 aromatic rings. The number of hydrogen-bond acceptors (Lipinski definition) is 2. The van der Waals surface area contributed by atoms with E-state index in [0.29, 0.717) is 18.8 Å². The molecule has 0 aliphatic rings. The third kappa shape index (κ3) is 5.74. The Bertz CT molecular complexity index is 438. The van der Waals surface area contributed by atoms with Gasteiger partial charge in [-0.2, -0.15) is 0 Å². The van der Waals surface area contributed by atoms with Gasteiger partial charge < -0.3 is 10.6 Å². The number of halogens is 1. The van der Waals surface area contributed by atoms with Crippen LogP contribution in [0.1, 0.15) is 62.7 Å². The zero-order valence-corrected chi connectivity index (χ0v) is 13.2. The molecule has 0 spiro atoms. The van der Waals surface area contributed by atoms with Gasteiger partial charge in [-0.3, -0.25) is 4.79 Å². The number of unbranched alkanes of at least 4 members (excludes halogenated alkanes) is 4. The van der Waals surface area contributed by atoms with Crippen molar-refractivity contribution < 1.29 is 9.18 Å². The van der Waals surface area contributed by atoms with Crippen LogP contribution in [0.15, 0.2) is 18.2 Å². The molecule has 4 heteroatoms. The molecule has 0 saturated heterocycles. The molecule has 0 aromatic heterocycles. The summed E-state index contributed by atoms with van der Waals surface area (Å²) >= 11 is 0. The number of rotatable bonds is 9.